The van der Waals surface area contributed by atoms with E-state index in [0.717, 1.165) is 58.5 Å². The molecule has 0 radical (unpaired) electrons. The molecule has 0 spiro atoms. The molecule has 1 aromatic carbocycles. The zero-order chi connectivity index (χ0) is 24.7. The van der Waals surface area contributed by atoms with Crippen molar-refractivity contribution in [3.8, 4) is 22.4 Å². The second-order valence-electron chi connectivity index (χ2n) is 9.74. The first-order valence-corrected chi connectivity index (χ1v) is 12.2. The predicted molar refractivity (Wildman–Crippen MR) is 132 cm³/mol. The van der Waals surface area contributed by atoms with Gasteiger partial charge in [0.2, 0.25) is 0 Å². The van der Waals surface area contributed by atoms with Crippen LogP contribution >= 0.6 is 0 Å². The maximum Gasteiger partial charge on any atom is 0.309 e. The number of aliphatic hydroxyl groups excluding tert-OH is 1. The van der Waals surface area contributed by atoms with Crippen LogP contribution in [0, 0.1) is 5.82 Å². The SMILES string of the molecule is CC(C)c1nc2c(c(-c3ccc(F)cc3)c1C=C[C@@H]1C[C@@H](O)CC(=O)O1)CCCc1c-2cnn1C. The molecule has 1 N–H and O–H groups in total. The van der Waals surface area contributed by atoms with Gasteiger partial charge in [0.05, 0.1) is 30.1 Å². The van der Waals surface area contributed by atoms with E-state index in [1.54, 1.807) is 0 Å². The van der Waals surface area contributed by atoms with E-state index >= 15 is 0 Å². The van der Waals surface area contributed by atoms with Crippen LogP contribution in [0.4, 0.5) is 4.39 Å². The summed E-state index contributed by atoms with van der Waals surface area (Å²) in [6, 6.07) is 6.59. The molecule has 2 atom stereocenters. The molecule has 2 aliphatic rings. The van der Waals surface area contributed by atoms with Crippen LogP contribution in [0.25, 0.3) is 28.5 Å². The Hall–Kier alpha value is -3.32. The summed E-state index contributed by atoms with van der Waals surface area (Å²) in [6.07, 6.45) is 7.57. The Morgan fingerprint density at radius 1 is 1.23 bits per heavy atom. The van der Waals surface area contributed by atoms with E-state index in [-0.39, 0.29) is 18.2 Å². The standard InChI is InChI=1S/C28H30FN3O3/c1-16(2)27-22(12-11-20-13-19(33)14-25(34)35-20)26(17-7-9-18(29)10-8-17)21-5-4-6-24-23(28(21)31-27)15-30-32(24)3/h7-12,15-16,19-20,33H,4-6,13-14H2,1-3H3/t19-,20-/m1/s1. The molecule has 1 aliphatic heterocycles. The first-order valence-electron chi connectivity index (χ1n) is 12.2. The predicted octanol–water partition coefficient (Wildman–Crippen LogP) is 4.98. The zero-order valence-corrected chi connectivity index (χ0v) is 20.3. The highest BCUT2D eigenvalue weighted by atomic mass is 19.1. The van der Waals surface area contributed by atoms with Crippen LogP contribution in [0.3, 0.4) is 0 Å². The molecule has 1 fully saturated rings. The topological polar surface area (TPSA) is 77.2 Å². The number of pyridine rings is 1. The van der Waals surface area contributed by atoms with E-state index in [4.69, 9.17) is 9.72 Å². The van der Waals surface area contributed by atoms with Crippen molar-refractivity contribution in [1.29, 1.82) is 0 Å². The number of cyclic esters (lactones) is 1. The van der Waals surface area contributed by atoms with Gasteiger partial charge < -0.3 is 9.84 Å². The second-order valence-corrected chi connectivity index (χ2v) is 9.74. The number of aliphatic hydroxyl groups is 1. The van der Waals surface area contributed by atoms with E-state index in [9.17, 15) is 14.3 Å². The third-order valence-corrected chi connectivity index (χ3v) is 6.87. The van der Waals surface area contributed by atoms with Crippen LogP contribution in [-0.2, 0) is 29.4 Å². The summed E-state index contributed by atoms with van der Waals surface area (Å²) >= 11 is 0. The van der Waals surface area contributed by atoms with Crippen LogP contribution in [0.15, 0.2) is 36.5 Å². The van der Waals surface area contributed by atoms with Crippen molar-refractivity contribution in [2.75, 3.05) is 0 Å². The molecular weight excluding hydrogens is 445 g/mol. The minimum Gasteiger partial charge on any atom is -0.458 e. The fourth-order valence-corrected chi connectivity index (χ4v) is 5.20. The van der Waals surface area contributed by atoms with Crippen LogP contribution in [0.1, 0.15) is 61.5 Å². The van der Waals surface area contributed by atoms with Crippen LogP contribution in [-0.4, -0.2) is 38.0 Å². The van der Waals surface area contributed by atoms with E-state index in [1.165, 1.54) is 17.8 Å². The number of hydrogen-bond acceptors (Lipinski definition) is 5. The van der Waals surface area contributed by atoms with Crippen LogP contribution < -0.4 is 0 Å². The summed E-state index contributed by atoms with van der Waals surface area (Å²) in [4.78, 5) is 17.1. The number of nitrogens with zero attached hydrogens (tertiary/aromatic N) is 3. The number of fused-ring (bicyclic) bond motifs is 3. The normalized spacial score (nSPS) is 20.0. The number of esters is 1. The molecule has 1 saturated heterocycles. The van der Waals surface area contributed by atoms with Crippen molar-refractivity contribution in [3.63, 3.8) is 0 Å². The first-order chi connectivity index (χ1) is 16.8. The lowest BCUT2D eigenvalue weighted by atomic mass is 9.86. The Labute approximate surface area is 204 Å². The van der Waals surface area contributed by atoms with Gasteiger partial charge in [-0.25, -0.2) is 4.39 Å². The molecule has 0 bridgehead atoms. The number of benzene rings is 1. The summed E-state index contributed by atoms with van der Waals surface area (Å²) in [5.41, 5.74) is 8.06. The lowest BCUT2D eigenvalue weighted by molar-refractivity contribution is -0.156. The first kappa shape index (κ1) is 23.4. The fraction of sp³-hybridized carbons (Fsp3) is 0.393. The van der Waals surface area contributed by atoms with Crippen molar-refractivity contribution >= 4 is 12.0 Å². The molecule has 1 aliphatic carbocycles. The van der Waals surface area contributed by atoms with Gasteiger partial charge in [-0.15, -0.1) is 0 Å². The number of aryl methyl sites for hydroxylation is 1. The van der Waals surface area contributed by atoms with Gasteiger partial charge in [0.15, 0.2) is 0 Å². The summed E-state index contributed by atoms with van der Waals surface area (Å²) in [7, 11) is 1.96. The van der Waals surface area contributed by atoms with Gasteiger partial charge in [-0.2, -0.15) is 5.10 Å². The van der Waals surface area contributed by atoms with Gasteiger partial charge in [0, 0.05) is 30.3 Å². The highest BCUT2D eigenvalue weighted by Crippen LogP contribution is 2.42. The molecule has 35 heavy (non-hydrogen) atoms. The Morgan fingerprint density at radius 3 is 2.71 bits per heavy atom. The minimum absolute atomic E-state index is 0.0241. The summed E-state index contributed by atoms with van der Waals surface area (Å²) in [5.74, 6) is -0.569. The number of hydrogen-bond donors (Lipinski definition) is 1. The third kappa shape index (κ3) is 4.52. The van der Waals surface area contributed by atoms with Crippen molar-refractivity contribution in [1.82, 2.24) is 14.8 Å². The molecule has 3 aromatic rings. The highest BCUT2D eigenvalue weighted by molar-refractivity contribution is 5.85. The molecule has 5 rings (SSSR count). The summed E-state index contributed by atoms with van der Waals surface area (Å²) < 4.78 is 21.3. The second kappa shape index (κ2) is 9.38. The molecule has 6 nitrogen and oxygen atoms in total. The fourth-order valence-electron chi connectivity index (χ4n) is 5.20. The number of rotatable bonds is 4. The van der Waals surface area contributed by atoms with Gasteiger partial charge in [-0.3, -0.25) is 14.5 Å². The molecule has 0 unspecified atom stereocenters. The average molecular weight is 476 g/mol. The van der Waals surface area contributed by atoms with Crippen molar-refractivity contribution in [2.24, 2.45) is 7.05 Å². The number of carbonyl (C=O) groups excluding carboxylic acids is 1. The lowest BCUT2D eigenvalue weighted by Crippen LogP contribution is -2.31. The van der Waals surface area contributed by atoms with Crippen molar-refractivity contribution < 1.29 is 19.0 Å². The molecule has 3 heterocycles. The van der Waals surface area contributed by atoms with Crippen LogP contribution in [0.5, 0.6) is 0 Å². The molecule has 2 aromatic heterocycles. The Balaban J connectivity index is 1.74. The largest absolute Gasteiger partial charge is 0.458 e. The maximum atomic E-state index is 13.9. The summed E-state index contributed by atoms with van der Waals surface area (Å²) in [5, 5.41) is 14.5. The van der Waals surface area contributed by atoms with Crippen molar-refractivity contribution in [2.45, 2.75) is 64.1 Å². The Kier molecular flexibility index (Phi) is 6.28. The smallest absolute Gasteiger partial charge is 0.309 e. The molecule has 0 amide bonds. The van der Waals surface area contributed by atoms with Gasteiger partial charge in [-0.1, -0.05) is 32.1 Å². The number of ether oxygens (including phenoxy) is 1. The summed E-state index contributed by atoms with van der Waals surface area (Å²) in [6.45, 7) is 4.21. The molecule has 7 heteroatoms. The van der Waals surface area contributed by atoms with Crippen LogP contribution in [0.2, 0.25) is 0 Å². The molecular formula is C28H30FN3O3. The minimum atomic E-state index is -0.707. The van der Waals surface area contributed by atoms with Gasteiger partial charge >= 0.3 is 5.97 Å². The Bertz CT molecular complexity index is 1290. The monoisotopic (exact) mass is 475 g/mol. The van der Waals surface area contributed by atoms with E-state index in [1.807, 2.05) is 42.2 Å². The number of carbonyl (C=O) groups is 1. The quantitative estimate of drug-likeness (QED) is 0.539. The van der Waals surface area contributed by atoms with Gasteiger partial charge in [-0.05, 0) is 60.1 Å². The number of aromatic nitrogens is 3. The van der Waals surface area contributed by atoms with E-state index in [0.29, 0.717) is 6.42 Å². The lowest BCUT2D eigenvalue weighted by Gasteiger charge is -2.24. The van der Waals surface area contributed by atoms with Gasteiger partial charge in [0.1, 0.15) is 11.9 Å². The molecule has 182 valence electrons. The molecule has 0 saturated carbocycles. The van der Waals surface area contributed by atoms with Gasteiger partial charge in [0.25, 0.3) is 0 Å². The third-order valence-electron chi connectivity index (χ3n) is 6.87. The maximum absolute atomic E-state index is 13.9. The Morgan fingerprint density at radius 2 is 2.00 bits per heavy atom. The zero-order valence-electron chi connectivity index (χ0n) is 20.3. The highest BCUT2D eigenvalue weighted by Gasteiger charge is 2.28. The van der Waals surface area contributed by atoms with E-state index in [2.05, 4.69) is 18.9 Å². The number of halogens is 1. The average Bonchev–Trinajstić information content (AvgIpc) is 3.06. The van der Waals surface area contributed by atoms with Crippen molar-refractivity contribution in [3.05, 3.63) is 64.9 Å². The van der Waals surface area contributed by atoms with E-state index < -0.39 is 18.2 Å².